The van der Waals surface area contributed by atoms with Crippen molar-refractivity contribution in [3.05, 3.63) is 58.9 Å². The Kier molecular flexibility index (Phi) is 3.72. The van der Waals surface area contributed by atoms with Crippen LogP contribution in [0.1, 0.15) is 22.3 Å². The van der Waals surface area contributed by atoms with Crippen molar-refractivity contribution in [3.8, 4) is 0 Å². The predicted molar refractivity (Wildman–Crippen MR) is 76.1 cm³/mol. The van der Waals surface area contributed by atoms with Crippen LogP contribution in [-0.4, -0.2) is 11.2 Å². The maximum absolute atomic E-state index is 4.26. The molecule has 18 heavy (non-hydrogen) atoms. The van der Waals surface area contributed by atoms with Crippen LogP contribution in [0, 0.1) is 20.8 Å². The van der Waals surface area contributed by atoms with E-state index in [-0.39, 0.29) is 0 Å². The minimum Gasteiger partial charge on any atom is -0.278 e. The van der Waals surface area contributed by atoms with Crippen molar-refractivity contribution in [1.29, 1.82) is 0 Å². The fourth-order valence-electron chi connectivity index (χ4n) is 1.99. The van der Waals surface area contributed by atoms with E-state index in [9.17, 15) is 0 Å². The molecule has 2 aromatic rings. The van der Waals surface area contributed by atoms with E-state index in [1.54, 1.807) is 12.4 Å². The van der Waals surface area contributed by atoms with Crippen molar-refractivity contribution < 1.29 is 0 Å². The number of nitrogens with zero attached hydrogens (tertiary/aromatic N) is 2. The van der Waals surface area contributed by atoms with Gasteiger partial charge in [-0.3, -0.25) is 10.4 Å². The number of hydrogen-bond donors (Lipinski definition) is 1. The molecule has 0 radical (unpaired) electrons. The van der Waals surface area contributed by atoms with Crippen LogP contribution in [0.4, 0.5) is 5.69 Å². The molecule has 0 amide bonds. The van der Waals surface area contributed by atoms with Gasteiger partial charge >= 0.3 is 0 Å². The molecule has 3 nitrogen and oxygen atoms in total. The van der Waals surface area contributed by atoms with Gasteiger partial charge in [0, 0.05) is 18.0 Å². The lowest BCUT2D eigenvalue weighted by atomic mass is 10.0. The van der Waals surface area contributed by atoms with Crippen LogP contribution in [0.3, 0.4) is 0 Å². The largest absolute Gasteiger partial charge is 0.278 e. The van der Waals surface area contributed by atoms with Gasteiger partial charge in [0.2, 0.25) is 0 Å². The Hall–Kier alpha value is -2.16. The van der Waals surface area contributed by atoms with Crippen molar-refractivity contribution in [1.82, 2.24) is 4.98 Å². The Labute approximate surface area is 108 Å². The zero-order valence-electron chi connectivity index (χ0n) is 10.9. The van der Waals surface area contributed by atoms with Gasteiger partial charge < -0.3 is 0 Å². The first-order valence-electron chi connectivity index (χ1n) is 5.94. The molecule has 0 unspecified atom stereocenters. The summed E-state index contributed by atoms with van der Waals surface area (Å²) in [6.45, 7) is 6.32. The Balaban J connectivity index is 2.15. The third-order valence-electron chi connectivity index (χ3n) is 2.81. The van der Waals surface area contributed by atoms with Crippen LogP contribution in [0.15, 0.2) is 41.8 Å². The second-order valence-corrected chi connectivity index (χ2v) is 4.42. The van der Waals surface area contributed by atoms with E-state index in [4.69, 9.17) is 0 Å². The number of hydrazone groups is 1. The lowest BCUT2D eigenvalue weighted by Gasteiger charge is -2.06. The summed E-state index contributed by atoms with van der Waals surface area (Å²) < 4.78 is 0. The van der Waals surface area contributed by atoms with Gasteiger partial charge in [-0.1, -0.05) is 17.7 Å². The van der Waals surface area contributed by atoms with Crippen LogP contribution < -0.4 is 5.43 Å². The van der Waals surface area contributed by atoms with Gasteiger partial charge in [0.05, 0.1) is 11.9 Å². The first-order chi connectivity index (χ1) is 8.66. The highest BCUT2D eigenvalue weighted by Crippen LogP contribution is 2.14. The molecular formula is C15H17N3. The molecule has 3 heteroatoms. The van der Waals surface area contributed by atoms with E-state index in [2.05, 4.69) is 48.4 Å². The summed E-state index contributed by atoms with van der Waals surface area (Å²) in [4.78, 5) is 3.96. The zero-order chi connectivity index (χ0) is 13.0. The molecule has 0 aliphatic carbocycles. The van der Waals surface area contributed by atoms with Gasteiger partial charge in [0.15, 0.2) is 0 Å². The van der Waals surface area contributed by atoms with Gasteiger partial charge in [0.1, 0.15) is 0 Å². The normalized spacial score (nSPS) is 10.8. The fraction of sp³-hybridized carbons (Fsp3) is 0.200. The highest BCUT2D eigenvalue weighted by Gasteiger charge is 2.00. The number of rotatable bonds is 3. The zero-order valence-corrected chi connectivity index (χ0v) is 10.9. The number of nitrogens with one attached hydrogen (secondary N) is 1. The molecule has 1 aromatic carbocycles. The molecule has 0 saturated carbocycles. The quantitative estimate of drug-likeness (QED) is 0.658. The van der Waals surface area contributed by atoms with E-state index in [0.29, 0.717) is 0 Å². The number of aromatic nitrogens is 1. The standard InChI is InChI=1S/C15H17N3/c1-11-8-12(2)15(13(3)9-11)10-17-18-14-4-6-16-7-5-14/h4-10H,1-3H3,(H,16,18)/b17-10-. The molecule has 0 saturated heterocycles. The topological polar surface area (TPSA) is 37.3 Å². The van der Waals surface area contributed by atoms with Crippen LogP contribution in [0.5, 0.6) is 0 Å². The minimum absolute atomic E-state index is 0.934. The third kappa shape index (κ3) is 2.94. The first-order valence-corrected chi connectivity index (χ1v) is 5.94. The second kappa shape index (κ2) is 5.45. The van der Waals surface area contributed by atoms with Gasteiger partial charge in [0.25, 0.3) is 0 Å². The summed E-state index contributed by atoms with van der Waals surface area (Å²) in [5, 5.41) is 4.26. The van der Waals surface area contributed by atoms with E-state index in [0.717, 1.165) is 5.69 Å². The predicted octanol–water partition coefficient (Wildman–Crippen LogP) is 3.45. The van der Waals surface area contributed by atoms with E-state index in [1.807, 2.05) is 18.3 Å². The minimum atomic E-state index is 0.934. The summed E-state index contributed by atoms with van der Waals surface area (Å²) in [6, 6.07) is 8.10. The second-order valence-electron chi connectivity index (χ2n) is 4.42. The van der Waals surface area contributed by atoms with Gasteiger partial charge in [-0.25, -0.2) is 0 Å². The molecule has 0 aliphatic heterocycles. The SMILES string of the molecule is Cc1cc(C)c(/C=N\Nc2ccncc2)c(C)c1. The maximum Gasteiger partial charge on any atom is 0.0592 e. The molecule has 0 aliphatic rings. The molecule has 2 rings (SSSR count). The van der Waals surface area contributed by atoms with Crippen LogP contribution in [0.2, 0.25) is 0 Å². The summed E-state index contributed by atoms with van der Waals surface area (Å²) in [7, 11) is 0. The lowest BCUT2D eigenvalue weighted by molar-refractivity contribution is 1.27. The third-order valence-corrected chi connectivity index (χ3v) is 2.81. The molecule has 0 fully saturated rings. The summed E-state index contributed by atoms with van der Waals surface area (Å²) in [6.07, 6.45) is 5.34. The molecule has 1 N–H and O–H groups in total. The number of hydrogen-bond acceptors (Lipinski definition) is 3. The van der Waals surface area contributed by atoms with Crippen molar-refractivity contribution in [2.24, 2.45) is 5.10 Å². The van der Waals surface area contributed by atoms with Crippen LogP contribution >= 0.6 is 0 Å². The molecular weight excluding hydrogens is 222 g/mol. The number of pyridine rings is 1. The van der Waals surface area contributed by atoms with Crippen molar-refractivity contribution in [3.63, 3.8) is 0 Å². The number of anilines is 1. The smallest absolute Gasteiger partial charge is 0.0592 e. The molecule has 1 heterocycles. The van der Waals surface area contributed by atoms with E-state index >= 15 is 0 Å². The van der Waals surface area contributed by atoms with E-state index in [1.165, 1.54) is 22.3 Å². The Morgan fingerprint density at radius 2 is 1.67 bits per heavy atom. The molecule has 0 bridgehead atoms. The van der Waals surface area contributed by atoms with Crippen LogP contribution in [0.25, 0.3) is 0 Å². The maximum atomic E-state index is 4.26. The van der Waals surface area contributed by atoms with Gasteiger partial charge in [-0.15, -0.1) is 0 Å². The van der Waals surface area contributed by atoms with Crippen molar-refractivity contribution >= 4 is 11.9 Å². The monoisotopic (exact) mass is 239 g/mol. The molecule has 0 atom stereocenters. The summed E-state index contributed by atoms with van der Waals surface area (Å²) in [5.41, 5.74) is 8.86. The average Bonchev–Trinajstić information content (AvgIpc) is 2.34. The van der Waals surface area contributed by atoms with Crippen LogP contribution in [-0.2, 0) is 0 Å². The lowest BCUT2D eigenvalue weighted by Crippen LogP contribution is -1.96. The van der Waals surface area contributed by atoms with Gasteiger partial charge in [-0.05, 0) is 44.0 Å². The van der Waals surface area contributed by atoms with Crippen molar-refractivity contribution in [2.75, 3.05) is 5.43 Å². The summed E-state index contributed by atoms with van der Waals surface area (Å²) in [5.74, 6) is 0. The van der Waals surface area contributed by atoms with Gasteiger partial charge in [-0.2, -0.15) is 5.10 Å². The molecule has 92 valence electrons. The van der Waals surface area contributed by atoms with Crippen molar-refractivity contribution in [2.45, 2.75) is 20.8 Å². The summed E-state index contributed by atoms with van der Waals surface area (Å²) >= 11 is 0. The first kappa shape index (κ1) is 12.3. The fourth-order valence-corrected chi connectivity index (χ4v) is 1.99. The Bertz CT molecular complexity index is 536. The average molecular weight is 239 g/mol. The Morgan fingerprint density at radius 1 is 1.06 bits per heavy atom. The Morgan fingerprint density at radius 3 is 2.28 bits per heavy atom. The number of benzene rings is 1. The highest BCUT2D eigenvalue weighted by molar-refractivity contribution is 5.84. The highest BCUT2D eigenvalue weighted by atomic mass is 15.3. The number of aryl methyl sites for hydroxylation is 3. The molecule has 1 aromatic heterocycles. The van der Waals surface area contributed by atoms with E-state index < -0.39 is 0 Å². The molecule has 0 spiro atoms.